The molecule has 0 amide bonds. The number of aliphatic imine (C=N–C) groups is 1. The predicted octanol–water partition coefficient (Wildman–Crippen LogP) is 15.6. The Morgan fingerprint density at radius 3 is 1.69 bits per heavy atom. The molecule has 0 saturated heterocycles. The number of alkyl halides is 1. The van der Waals surface area contributed by atoms with Gasteiger partial charge in [-0.05, 0) is 59.4 Å². The van der Waals surface area contributed by atoms with Crippen LogP contribution in [0.25, 0.3) is 0 Å². The smallest absolute Gasteiger partial charge is 0.0862 e. The van der Waals surface area contributed by atoms with E-state index < -0.39 is 0 Å². The number of rotatable bonds is 3. The molecule has 0 radical (unpaired) electrons. The number of nitrogens with zero attached hydrogens (tertiary/aromatic N) is 3. The summed E-state index contributed by atoms with van der Waals surface area (Å²) in [5, 5.41) is 3.14. The van der Waals surface area contributed by atoms with Crippen LogP contribution in [0, 0.1) is 0 Å². The van der Waals surface area contributed by atoms with Crippen LogP contribution in [0.3, 0.4) is 0 Å². The number of benzene rings is 1. The Morgan fingerprint density at radius 1 is 0.704 bits per heavy atom. The highest BCUT2D eigenvalue weighted by molar-refractivity contribution is 5.66. The topological polar surface area (TPSA) is 30.9 Å². The minimum Gasteiger partial charge on any atom is -0.350 e. The van der Waals surface area contributed by atoms with E-state index in [9.17, 15) is 4.39 Å². The zero-order chi connectivity index (χ0) is 43.9. The Bertz CT molecular complexity index is 1270. The number of fused-ring (bicyclic) bond motifs is 2. The number of nitrogens with one attached hydrogen (secondary N) is 1. The molecule has 1 N–H and O–H groups in total. The normalized spacial score (nSPS) is 14.3. The first-order valence-electron chi connectivity index (χ1n) is 20.9. The van der Waals surface area contributed by atoms with Gasteiger partial charge in [0, 0.05) is 67.0 Å². The molecule has 0 saturated carbocycles. The lowest BCUT2D eigenvalue weighted by molar-refractivity contribution is 0.576. The van der Waals surface area contributed by atoms with E-state index in [4.69, 9.17) is 0 Å². The van der Waals surface area contributed by atoms with Crippen molar-refractivity contribution in [3.05, 3.63) is 126 Å². The minimum absolute atomic E-state index is 0.0285. The first-order valence-corrected chi connectivity index (χ1v) is 20.9. The molecule has 0 fully saturated rings. The van der Waals surface area contributed by atoms with Crippen molar-refractivity contribution in [3.63, 3.8) is 0 Å². The quantitative estimate of drug-likeness (QED) is 0.246. The average Bonchev–Trinajstić information content (AvgIpc) is 3.86. The average molecular weight is 753 g/mol. The summed E-state index contributed by atoms with van der Waals surface area (Å²) in [4.78, 5) is 8.23. The monoisotopic (exact) mass is 753 g/mol. The zero-order valence-electron chi connectivity index (χ0n) is 39.5. The number of allylic oxidation sites excluding steroid dienone is 8. The lowest BCUT2D eigenvalue weighted by atomic mass is 9.76. The first kappa shape index (κ1) is 62.1. The summed E-state index contributed by atoms with van der Waals surface area (Å²) in [5.74, 6) is 0. The van der Waals surface area contributed by atoms with Gasteiger partial charge in [0.15, 0.2) is 0 Å². The molecule has 54 heavy (non-hydrogen) atoms. The number of hydrogen-bond donors (Lipinski definition) is 1. The van der Waals surface area contributed by atoms with Gasteiger partial charge in [0.1, 0.15) is 0 Å². The molecule has 5 heteroatoms. The highest BCUT2D eigenvalue weighted by Crippen LogP contribution is 2.40. The van der Waals surface area contributed by atoms with E-state index in [-0.39, 0.29) is 5.41 Å². The fourth-order valence-electron chi connectivity index (χ4n) is 4.93. The minimum atomic E-state index is -0.0285. The Hall–Kier alpha value is -3.86. The maximum atomic E-state index is 9.50. The molecule has 0 unspecified atom stereocenters. The second kappa shape index (κ2) is 41.9. The van der Waals surface area contributed by atoms with E-state index in [1.807, 2.05) is 111 Å². The Morgan fingerprint density at radius 2 is 1.20 bits per heavy atom. The third-order valence-corrected chi connectivity index (χ3v) is 7.36. The second-order valence-corrected chi connectivity index (χ2v) is 10.1. The fraction of sp³-hybridized carbons (Fsp3) is 0.531. The molecule has 2 aliphatic carbocycles. The van der Waals surface area contributed by atoms with Gasteiger partial charge in [-0.2, -0.15) is 0 Å². The van der Waals surface area contributed by atoms with Gasteiger partial charge in [-0.3, -0.25) is 9.38 Å². The van der Waals surface area contributed by atoms with Crippen LogP contribution in [0.4, 0.5) is 10.1 Å². The second-order valence-electron chi connectivity index (χ2n) is 10.1. The Kier molecular flexibility index (Phi) is 48.2. The van der Waals surface area contributed by atoms with E-state index in [2.05, 4.69) is 122 Å². The van der Waals surface area contributed by atoms with E-state index in [0.717, 1.165) is 37.1 Å². The van der Waals surface area contributed by atoms with Gasteiger partial charge in [0.25, 0.3) is 0 Å². The number of halogens is 1. The van der Waals surface area contributed by atoms with Crippen LogP contribution in [0.5, 0.6) is 0 Å². The summed E-state index contributed by atoms with van der Waals surface area (Å²) in [5.41, 5.74) is 11.2. The van der Waals surface area contributed by atoms with Crippen LogP contribution in [0.1, 0.15) is 154 Å². The molecule has 1 aromatic carbocycles. The van der Waals surface area contributed by atoms with Crippen LogP contribution in [-0.2, 0) is 18.3 Å². The van der Waals surface area contributed by atoms with Gasteiger partial charge in [-0.25, -0.2) is 0 Å². The zero-order valence-corrected chi connectivity index (χ0v) is 39.5. The van der Waals surface area contributed by atoms with Gasteiger partial charge < -0.3 is 15.1 Å². The van der Waals surface area contributed by atoms with Crippen molar-refractivity contribution in [3.8, 4) is 0 Å². The highest BCUT2D eigenvalue weighted by atomic mass is 19.1. The van der Waals surface area contributed by atoms with Crippen LogP contribution in [0.2, 0.25) is 0 Å². The molecule has 2 aliphatic heterocycles. The Labute approximate surface area is 338 Å². The molecule has 0 bridgehead atoms. The molecule has 312 valence electrons. The Balaban J connectivity index is -0.000000154. The number of anilines is 1. The van der Waals surface area contributed by atoms with E-state index in [1.165, 1.54) is 39.3 Å². The molecule has 2 heterocycles. The van der Waals surface area contributed by atoms with E-state index in [1.54, 1.807) is 13.4 Å². The van der Waals surface area contributed by atoms with Crippen molar-refractivity contribution < 1.29 is 4.39 Å². The standard InChI is InChI=1S/C20H23N.C12H15N3.8C2H6.CH3F/c1-14-8-6-10-16-12-17-11-7-9-15(2)21(5)19(17)13-18(16)20(14,3)4;1-10-4-3-7-15(10)12-6-5-11(8-12)14-9-13-2;9*1-2/h6-9,12-13H,1-2,10-11H2,3-5H3;3,5-7,9H,1,4,8H2,2H3,(H,13,14);8*1-2H3;1H3. The third kappa shape index (κ3) is 21.1. The van der Waals surface area contributed by atoms with E-state index >= 15 is 0 Å². The van der Waals surface area contributed by atoms with Gasteiger partial charge >= 0.3 is 0 Å². The van der Waals surface area contributed by atoms with Crippen molar-refractivity contribution >= 4 is 12.0 Å². The van der Waals surface area contributed by atoms with Crippen molar-refractivity contribution in [1.82, 2.24) is 10.2 Å². The summed E-state index contributed by atoms with van der Waals surface area (Å²) < 4.78 is 9.50. The molecule has 4 aliphatic rings. The first-order chi connectivity index (χ1) is 26.2. The van der Waals surface area contributed by atoms with Crippen molar-refractivity contribution in [2.75, 3.05) is 26.2 Å². The van der Waals surface area contributed by atoms with Crippen molar-refractivity contribution in [1.29, 1.82) is 0 Å². The molecule has 5 rings (SSSR count). The van der Waals surface area contributed by atoms with Crippen molar-refractivity contribution in [2.45, 2.75) is 156 Å². The fourth-order valence-corrected chi connectivity index (χ4v) is 4.93. The molecule has 1 aromatic rings. The van der Waals surface area contributed by atoms with Crippen LogP contribution in [-0.4, -0.2) is 32.5 Å². The lowest BCUT2D eigenvalue weighted by Crippen LogP contribution is -2.22. The van der Waals surface area contributed by atoms with Gasteiger partial charge in [0.05, 0.1) is 13.5 Å². The van der Waals surface area contributed by atoms with Crippen molar-refractivity contribution in [2.24, 2.45) is 4.99 Å². The van der Waals surface area contributed by atoms with Gasteiger partial charge in [-0.15, -0.1) is 0 Å². The summed E-state index contributed by atoms with van der Waals surface area (Å²) >= 11 is 0. The van der Waals surface area contributed by atoms with Crippen LogP contribution >= 0.6 is 0 Å². The molecule has 0 spiro atoms. The number of hydrogen-bond acceptors (Lipinski definition) is 3. The highest BCUT2D eigenvalue weighted by Gasteiger charge is 2.29. The molecule has 4 nitrogen and oxygen atoms in total. The van der Waals surface area contributed by atoms with Crippen LogP contribution < -0.4 is 10.2 Å². The lowest BCUT2D eigenvalue weighted by Gasteiger charge is -2.30. The predicted molar refractivity (Wildman–Crippen MR) is 253 cm³/mol. The third-order valence-electron chi connectivity index (χ3n) is 7.36. The van der Waals surface area contributed by atoms with Gasteiger partial charge in [-0.1, -0.05) is 175 Å². The van der Waals surface area contributed by atoms with Crippen LogP contribution in [0.15, 0.2) is 114 Å². The summed E-state index contributed by atoms with van der Waals surface area (Å²) in [6.45, 7) is 49.0. The maximum absolute atomic E-state index is 9.50. The van der Waals surface area contributed by atoms with E-state index in [0.29, 0.717) is 7.18 Å². The summed E-state index contributed by atoms with van der Waals surface area (Å²) in [6, 6.07) is 4.72. The molecule has 0 aromatic heterocycles. The summed E-state index contributed by atoms with van der Waals surface area (Å²) in [7, 11) is 4.35. The maximum Gasteiger partial charge on any atom is 0.0862 e. The molecular weight excluding hydrogens is 664 g/mol. The van der Waals surface area contributed by atoms with Gasteiger partial charge in [0.2, 0.25) is 0 Å². The number of likely N-dealkylation sites (N-methyl/N-ethyl adjacent to an activating group) is 1. The molecule has 0 atom stereocenters. The summed E-state index contributed by atoms with van der Waals surface area (Å²) in [6.07, 6.45) is 22.7. The SMILES string of the molecule is C=C1C=CCc2cc3c(cc2N1C)C(C)(C)C(=C)C=CC3.C=C1CC=CN1C1=CC=C(NC=NC)C1.CC.CC.CC.CC.CC.CC.CC.CC.CF. The largest absolute Gasteiger partial charge is 0.350 e. The molecular formula is C49H89FN4.